The van der Waals surface area contributed by atoms with Crippen molar-refractivity contribution in [1.82, 2.24) is 9.80 Å². The average Bonchev–Trinajstić information content (AvgIpc) is 2.66. The number of nitrogens with zero attached hydrogens (tertiary/aromatic N) is 2. The van der Waals surface area contributed by atoms with E-state index in [9.17, 15) is 9.59 Å². The molecule has 1 aromatic carbocycles. The van der Waals surface area contributed by atoms with Crippen molar-refractivity contribution in [3.63, 3.8) is 0 Å². The van der Waals surface area contributed by atoms with Crippen molar-refractivity contribution in [2.45, 2.75) is 25.7 Å². The standard InChI is InChI=1S/C19H25ClN2O3/c20-17-5-1-3-15(13-17)6-7-18(23)22-8-2-4-16(14-22)19(24)21-9-11-25-12-10-21/h1,3,5,13,16H,2,4,6-12,14H2. The third-order valence-corrected chi connectivity index (χ3v) is 5.20. The summed E-state index contributed by atoms with van der Waals surface area (Å²) in [5, 5.41) is 0.694. The van der Waals surface area contributed by atoms with Crippen LogP contribution in [0.25, 0.3) is 0 Å². The molecule has 2 amide bonds. The molecule has 1 unspecified atom stereocenters. The van der Waals surface area contributed by atoms with E-state index < -0.39 is 0 Å². The Balaban J connectivity index is 1.51. The summed E-state index contributed by atoms with van der Waals surface area (Å²) < 4.78 is 5.31. The SMILES string of the molecule is O=C(CCc1cccc(Cl)c1)N1CCCC(C(=O)N2CCOCC2)C1. The molecule has 0 saturated carbocycles. The Hall–Kier alpha value is -1.59. The van der Waals surface area contributed by atoms with E-state index in [1.54, 1.807) is 0 Å². The Kier molecular flexibility index (Phi) is 6.32. The van der Waals surface area contributed by atoms with Gasteiger partial charge in [0, 0.05) is 37.6 Å². The zero-order chi connectivity index (χ0) is 17.6. The molecule has 5 nitrogen and oxygen atoms in total. The van der Waals surface area contributed by atoms with Crippen LogP contribution >= 0.6 is 11.6 Å². The van der Waals surface area contributed by atoms with Crippen LogP contribution in [0.2, 0.25) is 5.02 Å². The van der Waals surface area contributed by atoms with Crippen LogP contribution in [0.4, 0.5) is 0 Å². The quantitative estimate of drug-likeness (QED) is 0.824. The molecule has 2 aliphatic heterocycles. The van der Waals surface area contributed by atoms with Gasteiger partial charge in [0.15, 0.2) is 0 Å². The van der Waals surface area contributed by atoms with Gasteiger partial charge in [-0.15, -0.1) is 0 Å². The molecule has 136 valence electrons. The molecule has 0 radical (unpaired) electrons. The summed E-state index contributed by atoms with van der Waals surface area (Å²) in [6.45, 7) is 3.85. The minimum atomic E-state index is -0.0676. The molecule has 25 heavy (non-hydrogen) atoms. The highest BCUT2D eigenvalue weighted by molar-refractivity contribution is 6.30. The topological polar surface area (TPSA) is 49.9 Å². The summed E-state index contributed by atoms with van der Waals surface area (Å²) >= 11 is 5.99. The summed E-state index contributed by atoms with van der Waals surface area (Å²) in [4.78, 5) is 28.9. The Morgan fingerprint density at radius 2 is 1.96 bits per heavy atom. The summed E-state index contributed by atoms with van der Waals surface area (Å²) in [5.41, 5.74) is 1.07. The van der Waals surface area contributed by atoms with E-state index in [0.717, 1.165) is 24.9 Å². The lowest BCUT2D eigenvalue weighted by Gasteiger charge is -2.36. The smallest absolute Gasteiger partial charge is 0.227 e. The maximum Gasteiger partial charge on any atom is 0.227 e. The number of hydrogen-bond donors (Lipinski definition) is 0. The van der Waals surface area contributed by atoms with Crippen molar-refractivity contribution < 1.29 is 14.3 Å². The first kappa shape index (κ1) is 18.2. The molecule has 2 fully saturated rings. The number of carbonyl (C=O) groups is 2. The van der Waals surface area contributed by atoms with Gasteiger partial charge < -0.3 is 14.5 Å². The number of piperidine rings is 1. The maximum atomic E-state index is 12.7. The number of benzene rings is 1. The first-order chi connectivity index (χ1) is 12.1. The van der Waals surface area contributed by atoms with Crippen LogP contribution in [-0.4, -0.2) is 61.0 Å². The van der Waals surface area contributed by atoms with Gasteiger partial charge in [-0.3, -0.25) is 9.59 Å². The van der Waals surface area contributed by atoms with Crippen LogP contribution < -0.4 is 0 Å². The number of amides is 2. The van der Waals surface area contributed by atoms with Crippen molar-refractivity contribution in [2.75, 3.05) is 39.4 Å². The minimum Gasteiger partial charge on any atom is -0.378 e. The predicted octanol–water partition coefficient (Wildman–Crippen LogP) is 2.37. The lowest BCUT2D eigenvalue weighted by Crippen LogP contribution is -2.49. The summed E-state index contributed by atoms with van der Waals surface area (Å²) in [5.74, 6) is 0.233. The Bertz CT molecular complexity index is 616. The number of ether oxygens (including phenoxy) is 1. The number of rotatable bonds is 4. The van der Waals surface area contributed by atoms with E-state index in [4.69, 9.17) is 16.3 Å². The largest absolute Gasteiger partial charge is 0.378 e. The van der Waals surface area contributed by atoms with E-state index in [1.165, 1.54) is 0 Å². The number of likely N-dealkylation sites (tertiary alicyclic amines) is 1. The average molecular weight is 365 g/mol. The van der Waals surface area contributed by atoms with Crippen LogP contribution in [-0.2, 0) is 20.7 Å². The molecular formula is C19H25ClN2O3. The fraction of sp³-hybridized carbons (Fsp3) is 0.579. The second kappa shape index (κ2) is 8.68. The van der Waals surface area contributed by atoms with Gasteiger partial charge in [-0.25, -0.2) is 0 Å². The van der Waals surface area contributed by atoms with Gasteiger partial charge in [-0.2, -0.15) is 0 Å². The minimum absolute atomic E-state index is 0.0676. The van der Waals surface area contributed by atoms with E-state index in [-0.39, 0.29) is 17.7 Å². The third-order valence-electron chi connectivity index (χ3n) is 4.96. The zero-order valence-electron chi connectivity index (χ0n) is 14.5. The zero-order valence-corrected chi connectivity index (χ0v) is 15.2. The van der Waals surface area contributed by atoms with Crippen molar-refractivity contribution in [3.05, 3.63) is 34.9 Å². The molecule has 1 atom stereocenters. The highest BCUT2D eigenvalue weighted by Gasteiger charge is 2.31. The van der Waals surface area contributed by atoms with Crippen molar-refractivity contribution in [3.8, 4) is 0 Å². The fourth-order valence-electron chi connectivity index (χ4n) is 3.55. The van der Waals surface area contributed by atoms with Crippen LogP contribution in [0.1, 0.15) is 24.8 Å². The number of carbonyl (C=O) groups excluding carboxylic acids is 2. The van der Waals surface area contributed by atoms with Crippen LogP contribution in [0.15, 0.2) is 24.3 Å². The van der Waals surface area contributed by atoms with Gasteiger partial charge in [0.2, 0.25) is 11.8 Å². The third kappa shape index (κ3) is 4.95. The van der Waals surface area contributed by atoms with E-state index in [0.29, 0.717) is 50.7 Å². The maximum absolute atomic E-state index is 12.7. The van der Waals surface area contributed by atoms with E-state index in [2.05, 4.69) is 0 Å². The molecule has 0 bridgehead atoms. The van der Waals surface area contributed by atoms with E-state index >= 15 is 0 Å². The molecule has 0 N–H and O–H groups in total. The van der Waals surface area contributed by atoms with Crippen LogP contribution in [0.3, 0.4) is 0 Å². The van der Waals surface area contributed by atoms with Crippen molar-refractivity contribution >= 4 is 23.4 Å². The van der Waals surface area contributed by atoms with Gasteiger partial charge >= 0.3 is 0 Å². The Labute approximate surface area is 153 Å². The Morgan fingerprint density at radius 1 is 1.16 bits per heavy atom. The molecule has 0 aromatic heterocycles. The first-order valence-electron chi connectivity index (χ1n) is 9.02. The number of morpholine rings is 1. The molecule has 1 aromatic rings. The first-order valence-corrected chi connectivity index (χ1v) is 9.40. The molecule has 0 aliphatic carbocycles. The Morgan fingerprint density at radius 3 is 2.72 bits per heavy atom. The molecular weight excluding hydrogens is 340 g/mol. The summed E-state index contributed by atoms with van der Waals surface area (Å²) in [6.07, 6.45) is 2.90. The van der Waals surface area contributed by atoms with Gasteiger partial charge in [0.1, 0.15) is 0 Å². The van der Waals surface area contributed by atoms with Gasteiger partial charge in [0.25, 0.3) is 0 Å². The van der Waals surface area contributed by atoms with Gasteiger partial charge in [-0.05, 0) is 37.0 Å². The lowest BCUT2D eigenvalue weighted by molar-refractivity contribution is -0.144. The van der Waals surface area contributed by atoms with Crippen molar-refractivity contribution in [1.29, 1.82) is 0 Å². The summed E-state index contributed by atoms with van der Waals surface area (Å²) in [7, 11) is 0. The predicted molar refractivity (Wildman–Crippen MR) is 96.5 cm³/mol. The molecule has 2 heterocycles. The van der Waals surface area contributed by atoms with Crippen LogP contribution in [0, 0.1) is 5.92 Å². The van der Waals surface area contributed by atoms with Gasteiger partial charge in [-0.1, -0.05) is 23.7 Å². The number of halogens is 1. The fourth-order valence-corrected chi connectivity index (χ4v) is 3.76. The highest BCUT2D eigenvalue weighted by atomic mass is 35.5. The van der Waals surface area contributed by atoms with Crippen molar-refractivity contribution in [2.24, 2.45) is 5.92 Å². The molecule has 2 aliphatic rings. The van der Waals surface area contributed by atoms with Gasteiger partial charge in [0.05, 0.1) is 19.1 Å². The lowest BCUT2D eigenvalue weighted by atomic mass is 9.95. The number of hydrogen-bond acceptors (Lipinski definition) is 3. The normalized spacial score (nSPS) is 21.2. The highest BCUT2D eigenvalue weighted by Crippen LogP contribution is 2.21. The van der Waals surface area contributed by atoms with Crippen LogP contribution in [0.5, 0.6) is 0 Å². The summed E-state index contributed by atoms with van der Waals surface area (Å²) in [6, 6.07) is 7.62. The second-order valence-electron chi connectivity index (χ2n) is 6.75. The molecule has 6 heteroatoms. The molecule has 3 rings (SSSR count). The second-order valence-corrected chi connectivity index (χ2v) is 7.18. The molecule has 0 spiro atoms. The number of aryl methyl sites for hydroxylation is 1. The molecule has 2 saturated heterocycles. The van der Waals surface area contributed by atoms with E-state index in [1.807, 2.05) is 34.1 Å². The monoisotopic (exact) mass is 364 g/mol.